The van der Waals surface area contributed by atoms with Crippen molar-refractivity contribution in [3.05, 3.63) is 59.9 Å². The molecule has 170 valence electrons. The number of hydrogen-bond donors (Lipinski definition) is 3. The lowest BCUT2D eigenvalue weighted by atomic mass is 9.97. The predicted octanol–water partition coefficient (Wildman–Crippen LogP) is 5.01. The molecule has 32 heavy (non-hydrogen) atoms. The van der Waals surface area contributed by atoms with Crippen LogP contribution in [0.3, 0.4) is 0 Å². The fraction of sp³-hybridized carbons (Fsp3) is 0.391. The number of imidazole rings is 1. The number of benzene rings is 2. The number of nitrogens with zero attached hydrogens (tertiary/aromatic N) is 2. The maximum atomic E-state index is 12.5. The average Bonchev–Trinajstić information content (AvgIpc) is 3.18. The Kier molecular flexibility index (Phi) is 6.36. The van der Waals surface area contributed by atoms with Crippen LogP contribution in [0.5, 0.6) is 0 Å². The molecular formula is C23H26F3N5O. The molecule has 2 atom stereocenters. The van der Waals surface area contributed by atoms with Crippen LogP contribution >= 0.6 is 0 Å². The van der Waals surface area contributed by atoms with Crippen LogP contribution < -0.4 is 10.6 Å². The number of H-pyrrole nitrogens is 1. The minimum absolute atomic E-state index is 0.0181. The maximum absolute atomic E-state index is 12.5. The molecule has 0 aliphatic carbocycles. The van der Waals surface area contributed by atoms with Crippen LogP contribution in [0.4, 0.5) is 23.7 Å². The standard InChI is InChI=1S/C23H26F3N5O/c1-31-13-11-17(14-20(31)21-29-18-4-2-3-5-19(18)30-21)28-22(32)27-16-8-6-15(7-9-16)10-12-23(24,25)26/h2-9,17,20H,10-14H2,1H3,(H,29,30)(H2,27,28,32)/t17?,20-/m1/s1. The second-order valence-corrected chi connectivity index (χ2v) is 8.27. The molecule has 0 spiro atoms. The second kappa shape index (κ2) is 9.20. The first-order chi connectivity index (χ1) is 15.3. The number of halogens is 3. The third-order valence-electron chi connectivity index (χ3n) is 5.84. The highest BCUT2D eigenvalue weighted by Gasteiger charge is 2.30. The Hall–Kier alpha value is -3.07. The first-order valence-corrected chi connectivity index (χ1v) is 10.6. The van der Waals surface area contributed by atoms with Crippen molar-refractivity contribution >= 4 is 22.8 Å². The number of alkyl halides is 3. The van der Waals surface area contributed by atoms with Gasteiger partial charge >= 0.3 is 12.2 Å². The van der Waals surface area contributed by atoms with Crippen molar-refractivity contribution < 1.29 is 18.0 Å². The molecule has 1 saturated heterocycles. The highest BCUT2D eigenvalue weighted by molar-refractivity contribution is 5.89. The van der Waals surface area contributed by atoms with Crippen molar-refractivity contribution in [2.75, 3.05) is 18.9 Å². The lowest BCUT2D eigenvalue weighted by molar-refractivity contribution is -0.133. The number of carbonyl (C=O) groups excluding carboxylic acids is 1. The van der Waals surface area contributed by atoms with Crippen LogP contribution in [0.25, 0.3) is 11.0 Å². The number of para-hydroxylation sites is 2. The van der Waals surface area contributed by atoms with E-state index in [2.05, 4.69) is 27.6 Å². The van der Waals surface area contributed by atoms with Crippen LogP contribution in [0.1, 0.15) is 36.7 Å². The number of carbonyl (C=O) groups is 1. The van der Waals surface area contributed by atoms with Gasteiger partial charge in [-0.15, -0.1) is 0 Å². The number of aryl methyl sites for hydroxylation is 1. The van der Waals surface area contributed by atoms with Crippen LogP contribution in [0.15, 0.2) is 48.5 Å². The van der Waals surface area contributed by atoms with E-state index in [9.17, 15) is 18.0 Å². The highest BCUT2D eigenvalue weighted by atomic mass is 19.4. The van der Waals surface area contributed by atoms with Crippen molar-refractivity contribution in [2.45, 2.75) is 43.9 Å². The zero-order valence-corrected chi connectivity index (χ0v) is 17.7. The number of fused-ring (bicyclic) bond motifs is 1. The van der Waals surface area contributed by atoms with E-state index in [0.717, 1.165) is 36.2 Å². The Bertz CT molecular complexity index is 1030. The Morgan fingerprint density at radius 1 is 1.19 bits per heavy atom. The van der Waals surface area contributed by atoms with E-state index in [4.69, 9.17) is 4.98 Å². The Morgan fingerprint density at radius 2 is 1.94 bits per heavy atom. The van der Waals surface area contributed by atoms with Crippen molar-refractivity contribution in [2.24, 2.45) is 0 Å². The number of urea groups is 1. The molecule has 1 aliphatic heterocycles. The molecule has 1 fully saturated rings. The SMILES string of the molecule is CN1CCC(NC(=O)Nc2ccc(CCC(F)(F)F)cc2)C[C@@H]1c1nc2ccccc2[nH]1. The van der Waals surface area contributed by atoms with Gasteiger partial charge in [0.25, 0.3) is 0 Å². The van der Waals surface area contributed by atoms with Gasteiger partial charge in [-0.2, -0.15) is 13.2 Å². The number of amides is 2. The summed E-state index contributed by atoms with van der Waals surface area (Å²) in [6, 6.07) is 14.1. The average molecular weight is 445 g/mol. The molecule has 1 aliphatic rings. The van der Waals surface area contributed by atoms with Crippen LogP contribution in [0.2, 0.25) is 0 Å². The minimum Gasteiger partial charge on any atom is -0.341 e. The quantitative estimate of drug-likeness (QED) is 0.517. The summed E-state index contributed by atoms with van der Waals surface area (Å²) in [6.45, 7) is 0.820. The summed E-state index contributed by atoms with van der Waals surface area (Å²) in [7, 11) is 2.05. The van der Waals surface area contributed by atoms with Gasteiger partial charge in [0.15, 0.2) is 0 Å². The lowest BCUT2D eigenvalue weighted by Crippen LogP contribution is -2.46. The fourth-order valence-corrected chi connectivity index (χ4v) is 4.06. The first-order valence-electron chi connectivity index (χ1n) is 10.6. The number of aromatic amines is 1. The van der Waals surface area contributed by atoms with Crippen LogP contribution in [-0.4, -0.2) is 46.7 Å². The number of nitrogens with one attached hydrogen (secondary N) is 3. The zero-order chi connectivity index (χ0) is 22.7. The summed E-state index contributed by atoms with van der Waals surface area (Å²) in [5, 5.41) is 5.78. The van der Waals surface area contributed by atoms with E-state index >= 15 is 0 Å². The monoisotopic (exact) mass is 445 g/mol. The number of rotatable bonds is 5. The van der Waals surface area contributed by atoms with Gasteiger partial charge in [0.1, 0.15) is 5.82 Å². The van der Waals surface area contributed by atoms with Gasteiger partial charge in [-0.25, -0.2) is 9.78 Å². The van der Waals surface area contributed by atoms with Crippen molar-refractivity contribution in [3.63, 3.8) is 0 Å². The Balaban J connectivity index is 1.33. The van der Waals surface area contributed by atoms with E-state index in [0.29, 0.717) is 11.3 Å². The molecule has 2 amide bonds. The van der Waals surface area contributed by atoms with Crippen LogP contribution in [-0.2, 0) is 6.42 Å². The van der Waals surface area contributed by atoms with Gasteiger partial charge in [0.2, 0.25) is 0 Å². The molecule has 1 unspecified atom stereocenters. The summed E-state index contributed by atoms with van der Waals surface area (Å²) < 4.78 is 37.1. The summed E-state index contributed by atoms with van der Waals surface area (Å²) in [5.74, 6) is 0.884. The first kappa shape index (κ1) is 22.1. The van der Waals surface area contributed by atoms with Crippen molar-refractivity contribution in [1.82, 2.24) is 20.2 Å². The number of anilines is 1. The van der Waals surface area contributed by atoms with E-state index in [1.165, 1.54) is 0 Å². The molecule has 2 aromatic carbocycles. The smallest absolute Gasteiger partial charge is 0.341 e. The molecule has 0 bridgehead atoms. The summed E-state index contributed by atoms with van der Waals surface area (Å²) in [4.78, 5) is 22.8. The minimum atomic E-state index is -4.18. The van der Waals surface area contributed by atoms with Crippen molar-refractivity contribution in [1.29, 1.82) is 0 Å². The molecule has 1 aromatic heterocycles. The number of piperidine rings is 1. The van der Waals surface area contributed by atoms with Gasteiger partial charge in [0.05, 0.1) is 17.1 Å². The fourth-order valence-electron chi connectivity index (χ4n) is 4.06. The van der Waals surface area contributed by atoms with Crippen LogP contribution in [0, 0.1) is 0 Å². The van der Waals surface area contributed by atoms with E-state index in [1.54, 1.807) is 24.3 Å². The summed E-state index contributed by atoms with van der Waals surface area (Å²) in [6.07, 6.45) is -3.57. The molecule has 3 aromatic rings. The third-order valence-corrected chi connectivity index (χ3v) is 5.84. The summed E-state index contributed by atoms with van der Waals surface area (Å²) in [5.41, 5.74) is 3.03. The van der Waals surface area contributed by atoms with Gasteiger partial charge in [-0.3, -0.25) is 4.90 Å². The molecule has 0 radical (unpaired) electrons. The largest absolute Gasteiger partial charge is 0.389 e. The van der Waals surface area contributed by atoms with Gasteiger partial charge in [-0.1, -0.05) is 24.3 Å². The van der Waals surface area contributed by atoms with E-state index in [-0.39, 0.29) is 24.5 Å². The molecule has 2 heterocycles. The Morgan fingerprint density at radius 3 is 2.66 bits per heavy atom. The summed E-state index contributed by atoms with van der Waals surface area (Å²) >= 11 is 0. The van der Waals surface area contributed by atoms with E-state index < -0.39 is 12.6 Å². The molecule has 9 heteroatoms. The van der Waals surface area contributed by atoms with Gasteiger partial charge < -0.3 is 15.6 Å². The zero-order valence-electron chi connectivity index (χ0n) is 17.7. The van der Waals surface area contributed by atoms with Gasteiger partial charge in [0, 0.05) is 24.7 Å². The second-order valence-electron chi connectivity index (χ2n) is 8.27. The number of hydrogen-bond acceptors (Lipinski definition) is 3. The predicted molar refractivity (Wildman–Crippen MR) is 117 cm³/mol. The Labute approximate surface area is 184 Å². The molecule has 3 N–H and O–H groups in total. The lowest BCUT2D eigenvalue weighted by Gasteiger charge is -2.36. The van der Waals surface area contributed by atoms with Crippen molar-refractivity contribution in [3.8, 4) is 0 Å². The number of likely N-dealkylation sites (tertiary alicyclic amines) is 1. The molecule has 6 nitrogen and oxygen atoms in total. The third kappa shape index (κ3) is 5.59. The number of aromatic nitrogens is 2. The molecule has 4 rings (SSSR count). The normalized spacial score (nSPS) is 19.8. The molecular weight excluding hydrogens is 419 g/mol. The molecule has 0 saturated carbocycles. The maximum Gasteiger partial charge on any atom is 0.389 e. The van der Waals surface area contributed by atoms with Gasteiger partial charge in [-0.05, 0) is 56.1 Å². The van der Waals surface area contributed by atoms with E-state index in [1.807, 2.05) is 24.3 Å². The highest BCUT2D eigenvalue weighted by Crippen LogP contribution is 2.29. The topological polar surface area (TPSA) is 73.1 Å².